The second-order valence-electron chi connectivity index (χ2n) is 9.74. The number of aromatic nitrogens is 2. The Hall–Kier alpha value is -4.54. The first-order chi connectivity index (χ1) is 20.8. The average molecular weight is 619 g/mol. The Balaban J connectivity index is 1.49. The van der Waals surface area contributed by atoms with Gasteiger partial charge in [0.1, 0.15) is 5.82 Å². The number of amides is 1. The quantitative estimate of drug-likeness (QED) is 0.315. The van der Waals surface area contributed by atoms with Crippen LogP contribution in [0.15, 0.2) is 63.4 Å². The summed E-state index contributed by atoms with van der Waals surface area (Å²) in [6.45, 7) is 1.93. The number of hydrogen-bond acceptors (Lipinski definition) is 12. The largest absolute Gasteiger partial charge is 0.493 e. The van der Waals surface area contributed by atoms with Crippen molar-refractivity contribution in [3.63, 3.8) is 0 Å². The van der Waals surface area contributed by atoms with Gasteiger partial charge >= 0.3 is 0 Å². The average Bonchev–Trinajstić information content (AvgIpc) is 3.48. The Kier molecular flexibility index (Phi) is 8.89. The summed E-state index contributed by atoms with van der Waals surface area (Å²) in [4.78, 5) is 27.8. The smallest absolute Gasteiger partial charge is 0.234 e. The molecule has 2 heterocycles. The summed E-state index contributed by atoms with van der Waals surface area (Å²) in [6.07, 6.45) is 1.51. The molecule has 222 valence electrons. The van der Waals surface area contributed by atoms with Crippen LogP contribution in [0.3, 0.4) is 0 Å². The van der Waals surface area contributed by atoms with Crippen LogP contribution in [0.2, 0.25) is 0 Å². The summed E-state index contributed by atoms with van der Waals surface area (Å²) in [7, 11) is 4.51. The van der Waals surface area contributed by atoms with Crippen LogP contribution in [0.1, 0.15) is 36.3 Å². The maximum Gasteiger partial charge on any atom is 0.234 e. The maximum atomic E-state index is 13.6. The molecule has 0 spiro atoms. The number of aryl methyl sites for hydroxylation is 1. The highest BCUT2D eigenvalue weighted by Crippen LogP contribution is 2.52. The zero-order chi connectivity index (χ0) is 30.7. The van der Waals surface area contributed by atoms with Crippen molar-refractivity contribution >= 4 is 45.6 Å². The van der Waals surface area contributed by atoms with Crippen LogP contribution in [0.4, 0.5) is 10.8 Å². The topological polar surface area (TPSA) is 153 Å². The molecule has 0 radical (unpaired) electrons. The predicted octanol–water partition coefficient (Wildman–Crippen LogP) is 4.91. The molecule has 1 aromatic heterocycles. The third-order valence-electron chi connectivity index (χ3n) is 7.29. The van der Waals surface area contributed by atoms with Gasteiger partial charge in [-0.15, -0.1) is 10.2 Å². The molecular weight excluding hydrogens is 589 g/mol. The summed E-state index contributed by atoms with van der Waals surface area (Å²) >= 11 is 2.48. The first kappa shape index (κ1) is 29.9. The molecule has 11 nitrogen and oxygen atoms in total. The van der Waals surface area contributed by atoms with Crippen LogP contribution < -0.4 is 30.2 Å². The Morgan fingerprint density at radius 2 is 1.91 bits per heavy atom. The maximum absolute atomic E-state index is 13.6. The number of thioether (sulfide) groups is 1. The number of allylic oxidation sites excluding steroid dienone is 3. The van der Waals surface area contributed by atoms with E-state index < -0.39 is 5.92 Å². The van der Waals surface area contributed by atoms with E-state index >= 15 is 0 Å². The van der Waals surface area contributed by atoms with Crippen LogP contribution in [0.5, 0.6) is 17.2 Å². The van der Waals surface area contributed by atoms with E-state index in [1.165, 1.54) is 44.4 Å². The Labute approximate surface area is 257 Å². The summed E-state index contributed by atoms with van der Waals surface area (Å²) in [6, 6.07) is 13.3. The standard InChI is InChI=1S/C30H30N6O5S2/c1-16-8-5-6-9-19(16)33-23(38)15-42-30-35-34-29(43-30)36-20-10-7-11-21(37)25(20)24(18(14-31)28(36)32)17-12-13-22(39-2)27(41-4)26(17)40-3/h5-6,8-9,12-13,24H,7,10-11,15,32H2,1-4H3,(H,33,38). The third kappa shape index (κ3) is 5.63. The molecule has 5 rings (SSSR count). The fourth-order valence-corrected chi connectivity index (χ4v) is 7.03. The summed E-state index contributed by atoms with van der Waals surface area (Å²) in [5.74, 6) is 0.411. The highest BCUT2D eigenvalue weighted by Gasteiger charge is 2.43. The lowest BCUT2D eigenvalue weighted by atomic mass is 9.75. The van der Waals surface area contributed by atoms with E-state index in [4.69, 9.17) is 19.9 Å². The number of nitriles is 1. The first-order valence-corrected chi connectivity index (χ1v) is 15.2. The normalized spacial score (nSPS) is 16.5. The van der Waals surface area contributed by atoms with Gasteiger partial charge < -0.3 is 25.3 Å². The molecule has 0 bridgehead atoms. The number of methoxy groups -OCH3 is 3. The second kappa shape index (κ2) is 12.8. The number of para-hydroxylation sites is 1. The van der Waals surface area contributed by atoms with Gasteiger partial charge in [-0.3, -0.25) is 14.5 Å². The fourth-order valence-electron chi connectivity index (χ4n) is 5.35. The molecule has 2 aliphatic rings. The molecule has 1 atom stereocenters. The number of Topliss-reactive ketones (excluding diaryl/α,β-unsaturated/α-hetero) is 1. The van der Waals surface area contributed by atoms with Gasteiger partial charge in [0, 0.05) is 28.9 Å². The van der Waals surface area contributed by atoms with Gasteiger partial charge in [0.15, 0.2) is 21.6 Å². The lowest BCUT2D eigenvalue weighted by molar-refractivity contribution is -0.116. The zero-order valence-electron chi connectivity index (χ0n) is 24.1. The van der Waals surface area contributed by atoms with E-state index in [0.29, 0.717) is 62.8 Å². The van der Waals surface area contributed by atoms with E-state index in [-0.39, 0.29) is 28.8 Å². The van der Waals surface area contributed by atoms with Gasteiger partial charge in [-0.2, -0.15) is 5.26 Å². The molecule has 1 aliphatic heterocycles. The minimum absolute atomic E-state index is 0.0830. The first-order valence-electron chi connectivity index (χ1n) is 13.4. The number of rotatable bonds is 9. The summed E-state index contributed by atoms with van der Waals surface area (Å²) in [5, 5.41) is 22.3. The van der Waals surface area contributed by atoms with Crippen LogP contribution in [-0.2, 0) is 9.59 Å². The number of ketones is 1. The van der Waals surface area contributed by atoms with Gasteiger partial charge in [-0.1, -0.05) is 47.4 Å². The van der Waals surface area contributed by atoms with E-state index in [2.05, 4.69) is 21.6 Å². The number of hydrogen-bond donors (Lipinski definition) is 2. The van der Waals surface area contributed by atoms with Crippen molar-refractivity contribution in [2.75, 3.05) is 37.3 Å². The number of ether oxygens (including phenoxy) is 3. The molecule has 2 aromatic carbocycles. The molecule has 3 N–H and O–H groups in total. The van der Waals surface area contributed by atoms with E-state index in [9.17, 15) is 14.9 Å². The van der Waals surface area contributed by atoms with Crippen molar-refractivity contribution in [2.45, 2.75) is 36.4 Å². The van der Waals surface area contributed by atoms with Crippen LogP contribution >= 0.6 is 23.1 Å². The van der Waals surface area contributed by atoms with E-state index in [1.807, 2.05) is 31.2 Å². The number of anilines is 2. The Morgan fingerprint density at radius 1 is 1.14 bits per heavy atom. The molecule has 1 unspecified atom stereocenters. The van der Waals surface area contributed by atoms with Crippen molar-refractivity contribution < 1.29 is 23.8 Å². The van der Waals surface area contributed by atoms with Crippen LogP contribution in [0.25, 0.3) is 0 Å². The van der Waals surface area contributed by atoms with Crippen molar-refractivity contribution in [3.8, 4) is 23.3 Å². The molecule has 3 aromatic rings. The highest BCUT2D eigenvalue weighted by molar-refractivity contribution is 8.01. The molecule has 1 aliphatic carbocycles. The molecule has 43 heavy (non-hydrogen) atoms. The van der Waals surface area contributed by atoms with Gasteiger partial charge in [0.05, 0.1) is 44.6 Å². The molecule has 13 heteroatoms. The van der Waals surface area contributed by atoms with Crippen molar-refractivity contribution in [1.82, 2.24) is 10.2 Å². The van der Waals surface area contributed by atoms with Gasteiger partial charge in [0.25, 0.3) is 0 Å². The molecular formula is C30H30N6O5S2. The number of carbonyl (C=O) groups excluding carboxylic acids is 2. The number of benzene rings is 2. The minimum atomic E-state index is -0.772. The Bertz CT molecular complexity index is 1690. The lowest BCUT2D eigenvalue weighted by Gasteiger charge is -2.38. The van der Waals surface area contributed by atoms with Crippen molar-refractivity contribution in [3.05, 3.63) is 70.2 Å². The van der Waals surface area contributed by atoms with Crippen molar-refractivity contribution in [2.24, 2.45) is 5.73 Å². The fraction of sp³-hybridized carbons (Fsp3) is 0.300. The number of nitrogens with two attached hydrogens (primary N) is 1. The van der Waals surface area contributed by atoms with Gasteiger partial charge in [0.2, 0.25) is 16.8 Å². The molecule has 0 saturated heterocycles. The SMILES string of the molecule is COc1ccc(C2C(C#N)=C(N)N(c3nnc(SCC(=O)Nc4ccccc4C)s3)C3=C2C(=O)CCC3)c(OC)c1OC. The Morgan fingerprint density at radius 3 is 2.60 bits per heavy atom. The minimum Gasteiger partial charge on any atom is -0.493 e. The van der Waals surface area contributed by atoms with Gasteiger partial charge in [-0.25, -0.2) is 0 Å². The number of nitrogens with one attached hydrogen (secondary N) is 1. The highest BCUT2D eigenvalue weighted by atomic mass is 32.2. The van der Waals surface area contributed by atoms with Crippen LogP contribution in [-0.4, -0.2) is 49.0 Å². The molecule has 0 saturated carbocycles. The van der Waals surface area contributed by atoms with E-state index in [1.54, 1.807) is 17.0 Å². The lowest BCUT2D eigenvalue weighted by Crippen LogP contribution is -2.38. The third-order valence-corrected chi connectivity index (χ3v) is 9.33. The summed E-state index contributed by atoms with van der Waals surface area (Å²) in [5.41, 5.74) is 10.3. The summed E-state index contributed by atoms with van der Waals surface area (Å²) < 4.78 is 17.3. The molecule has 1 amide bonds. The van der Waals surface area contributed by atoms with Crippen LogP contribution in [0, 0.1) is 18.3 Å². The van der Waals surface area contributed by atoms with Crippen molar-refractivity contribution in [1.29, 1.82) is 5.26 Å². The van der Waals surface area contributed by atoms with E-state index in [0.717, 1.165) is 11.3 Å². The van der Waals surface area contributed by atoms with Gasteiger partial charge in [-0.05, 0) is 37.5 Å². The monoisotopic (exact) mass is 618 g/mol. The number of nitrogens with zero attached hydrogens (tertiary/aromatic N) is 4. The second-order valence-corrected chi connectivity index (χ2v) is 11.9. The zero-order valence-corrected chi connectivity index (χ0v) is 25.7. The number of carbonyl (C=O) groups is 2. The molecule has 0 fully saturated rings. The predicted molar refractivity (Wildman–Crippen MR) is 164 cm³/mol.